The first-order chi connectivity index (χ1) is 4.69. The number of hydrogen-bond donors (Lipinski definition) is 1. The van der Waals surface area contributed by atoms with Gasteiger partial charge in [-0.15, -0.1) is 0 Å². The Hall–Kier alpha value is -0.900. The lowest BCUT2D eigenvalue weighted by Crippen LogP contribution is -2.48. The van der Waals surface area contributed by atoms with Crippen LogP contribution in [0.2, 0.25) is 0 Å². The minimum absolute atomic E-state index is 1.68. The lowest BCUT2D eigenvalue weighted by atomic mass is 10.2. The van der Waals surface area contributed by atoms with E-state index >= 15 is 0 Å². The summed E-state index contributed by atoms with van der Waals surface area (Å²) in [6.07, 6.45) is -5.28. The molecule has 64 valence electrons. The summed E-state index contributed by atoms with van der Waals surface area (Å²) in [6, 6.07) is -7.98. The Labute approximate surface area is 58.6 Å². The second-order valence-electron chi connectivity index (χ2n) is 1.75. The van der Waals surface area contributed by atoms with E-state index in [0.29, 0.717) is 0 Å². The van der Waals surface area contributed by atoms with Gasteiger partial charge in [0.05, 0.1) is 0 Å². The van der Waals surface area contributed by atoms with E-state index in [0.717, 1.165) is 0 Å². The van der Waals surface area contributed by atoms with E-state index in [2.05, 4.69) is 5.73 Å². The van der Waals surface area contributed by atoms with Crippen molar-refractivity contribution < 1.29 is 22.0 Å². The summed E-state index contributed by atoms with van der Waals surface area (Å²) < 4.78 is 57.8. The van der Waals surface area contributed by atoms with Crippen LogP contribution in [0.5, 0.6) is 0 Å². The summed E-state index contributed by atoms with van der Waals surface area (Å²) in [5, 5.41) is 0. The molecule has 0 bridgehead atoms. The number of nitrogens with zero attached hydrogens (tertiary/aromatic N) is 1. The first-order valence-electron chi connectivity index (χ1n) is 2.29. The molecule has 0 rings (SSSR count). The highest BCUT2D eigenvalue weighted by molar-refractivity contribution is 4.94. The maximum absolute atomic E-state index is 11.7. The molecule has 1 atom stereocenters. The van der Waals surface area contributed by atoms with Crippen LogP contribution in [0.1, 0.15) is 0 Å². The van der Waals surface area contributed by atoms with E-state index in [1.54, 1.807) is 4.85 Å². The van der Waals surface area contributed by atoms with Crippen molar-refractivity contribution in [3.8, 4) is 0 Å². The molecule has 2 nitrogen and oxygen atoms in total. The van der Waals surface area contributed by atoms with Crippen molar-refractivity contribution in [2.24, 2.45) is 5.73 Å². The van der Waals surface area contributed by atoms with Crippen molar-refractivity contribution in [1.82, 2.24) is 0 Å². The van der Waals surface area contributed by atoms with Gasteiger partial charge < -0.3 is 0 Å². The van der Waals surface area contributed by atoms with Crippen molar-refractivity contribution in [2.45, 2.75) is 18.3 Å². The van der Waals surface area contributed by atoms with Crippen molar-refractivity contribution in [2.75, 3.05) is 0 Å². The standard InChI is InChI=1S/C4H3F5N2/c1-11-2(3(5,6)7)4(8,9)10/h2H,10H2. The number of alkyl halides is 5. The second-order valence-corrected chi connectivity index (χ2v) is 1.75. The van der Waals surface area contributed by atoms with Gasteiger partial charge in [-0.3, -0.25) is 10.6 Å². The Kier molecular flexibility index (Phi) is 2.40. The minimum atomic E-state index is -5.28. The van der Waals surface area contributed by atoms with E-state index in [1.165, 1.54) is 0 Å². The van der Waals surface area contributed by atoms with E-state index in [-0.39, 0.29) is 0 Å². The zero-order chi connectivity index (χ0) is 9.28. The first-order valence-corrected chi connectivity index (χ1v) is 2.29. The van der Waals surface area contributed by atoms with Gasteiger partial charge in [-0.1, -0.05) is 0 Å². The zero-order valence-corrected chi connectivity index (χ0v) is 4.99. The van der Waals surface area contributed by atoms with Gasteiger partial charge in [-0.2, -0.15) is 22.0 Å². The van der Waals surface area contributed by atoms with Crippen LogP contribution in [0.4, 0.5) is 22.0 Å². The molecule has 0 spiro atoms. The largest absolute Gasteiger partial charge is 0.473 e. The van der Waals surface area contributed by atoms with Gasteiger partial charge in [0.25, 0.3) is 0 Å². The maximum Gasteiger partial charge on any atom is 0.473 e. The third-order valence-electron chi connectivity index (χ3n) is 0.804. The first kappa shape index (κ1) is 10.1. The highest BCUT2D eigenvalue weighted by atomic mass is 19.4. The van der Waals surface area contributed by atoms with Crippen molar-refractivity contribution in [3.63, 3.8) is 0 Å². The van der Waals surface area contributed by atoms with Crippen LogP contribution in [0.15, 0.2) is 0 Å². The summed E-state index contributed by atoms with van der Waals surface area (Å²) in [6.45, 7) is 5.82. The van der Waals surface area contributed by atoms with Gasteiger partial charge in [0, 0.05) is 0 Å². The molecule has 0 saturated heterocycles. The van der Waals surface area contributed by atoms with Gasteiger partial charge >= 0.3 is 18.3 Å². The van der Waals surface area contributed by atoms with Crippen molar-refractivity contribution >= 4 is 0 Å². The highest BCUT2D eigenvalue weighted by Crippen LogP contribution is 2.31. The Morgan fingerprint density at radius 1 is 1.18 bits per heavy atom. The fraction of sp³-hybridized carbons (Fsp3) is 0.750. The van der Waals surface area contributed by atoms with Crippen molar-refractivity contribution in [3.05, 3.63) is 11.4 Å². The molecule has 11 heavy (non-hydrogen) atoms. The Morgan fingerprint density at radius 2 is 1.55 bits per heavy atom. The average molecular weight is 174 g/mol. The summed E-state index contributed by atoms with van der Waals surface area (Å²) >= 11 is 0. The average Bonchev–Trinajstić information content (AvgIpc) is 1.56. The minimum Gasteiger partial charge on any atom is -0.295 e. The van der Waals surface area contributed by atoms with E-state index in [9.17, 15) is 22.0 Å². The van der Waals surface area contributed by atoms with Crippen molar-refractivity contribution in [1.29, 1.82) is 0 Å². The van der Waals surface area contributed by atoms with Crippen LogP contribution < -0.4 is 5.73 Å². The molecular formula is C4H3F5N2. The lowest BCUT2D eigenvalue weighted by Gasteiger charge is -2.14. The fourth-order valence-corrected chi connectivity index (χ4v) is 0.377. The van der Waals surface area contributed by atoms with Gasteiger partial charge in [0.1, 0.15) is 0 Å². The molecule has 0 fully saturated rings. The highest BCUT2D eigenvalue weighted by Gasteiger charge is 2.60. The summed E-state index contributed by atoms with van der Waals surface area (Å²) in [7, 11) is 0. The molecule has 1 unspecified atom stereocenters. The Morgan fingerprint density at radius 3 is 1.55 bits per heavy atom. The molecule has 2 N–H and O–H groups in total. The van der Waals surface area contributed by atoms with Crippen LogP contribution in [-0.2, 0) is 0 Å². The molecule has 0 aromatic rings. The predicted octanol–water partition coefficient (Wildman–Crippen LogP) is 1.39. The summed E-state index contributed by atoms with van der Waals surface area (Å²) in [4.78, 5) is 1.68. The number of rotatable bonds is 1. The van der Waals surface area contributed by atoms with Crippen LogP contribution in [-0.4, -0.2) is 18.3 Å². The smallest absolute Gasteiger partial charge is 0.295 e. The summed E-state index contributed by atoms with van der Waals surface area (Å²) in [5.74, 6) is 0. The molecule has 0 aliphatic rings. The van der Waals surface area contributed by atoms with Gasteiger partial charge in [0.2, 0.25) is 0 Å². The van der Waals surface area contributed by atoms with Crippen LogP contribution in [0.3, 0.4) is 0 Å². The Balaban J connectivity index is 4.60. The molecule has 0 amide bonds. The summed E-state index contributed by atoms with van der Waals surface area (Å²) in [5.41, 5.74) is 3.81. The number of hydrogen-bond acceptors (Lipinski definition) is 1. The molecule has 0 heterocycles. The van der Waals surface area contributed by atoms with Gasteiger partial charge in [0.15, 0.2) is 0 Å². The maximum atomic E-state index is 11.7. The third kappa shape index (κ3) is 2.67. The van der Waals surface area contributed by atoms with Crippen LogP contribution in [0.25, 0.3) is 4.85 Å². The van der Waals surface area contributed by atoms with E-state index < -0.39 is 18.3 Å². The van der Waals surface area contributed by atoms with E-state index in [1.807, 2.05) is 0 Å². The SMILES string of the molecule is [C-]#[N+]C(C(N)(F)F)C(F)(F)F. The molecule has 0 aromatic heterocycles. The molecule has 0 aliphatic heterocycles. The predicted molar refractivity (Wildman–Crippen MR) is 25.6 cm³/mol. The number of halogens is 5. The van der Waals surface area contributed by atoms with Crippen LogP contribution >= 0.6 is 0 Å². The third-order valence-corrected chi connectivity index (χ3v) is 0.804. The monoisotopic (exact) mass is 174 g/mol. The fourth-order valence-electron chi connectivity index (χ4n) is 0.377. The van der Waals surface area contributed by atoms with Crippen LogP contribution in [0, 0.1) is 6.57 Å². The molecule has 7 heteroatoms. The van der Waals surface area contributed by atoms with E-state index in [4.69, 9.17) is 6.57 Å². The quantitative estimate of drug-likeness (QED) is 0.363. The van der Waals surface area contributed by atoms with Gasteiger partial charge in [-0.05, 0) is 0 Å². The lowest BCUT2D eigenvalue weighted by molar-refractivity contribution is -0.191. The molecular weight excluding hydrogens is 171 g/mol. The molecule has 0 aromatic carbocycles. The Bertz CT molecular complexity index is 158. The topological polar surface area (TPSA) is 30.4 Å². The molecule has 0 radical (unpaired) electrons. The normalized spacial score (nSPS) is 15.7. The zero-order valence-electron chi connectivity index (χ0n) is 4.99. The molecule has 0 aliphatic carbocycles. The van der Waals surface area contributed by atoms with Gasteiger partial charge in [-0.25, -0.2) is 6.57 Å². The number of nitrogens with two attached hydrogens (primary N) is 1. The second kappa shape index (κ2) is 2.62. The molecule has 0 saturated carbocycles.